The van der Waals surface area contributed by atoms with Crippen LogP contribution in [0.3, 0.4) is 0 Å². The summed E-state index contributed by atoms with van der Waals surface area (Å²) in [4.78, 5) is 12.7. The molecule has 0 aliphatic heterocycles. The molecule has 0 bridgehead atoms. The lowest BCUT2D eigenvalue weighted by atomic mass is 10.1. The van der Waals surface area contributed by atoms with Crippen LogP contribution < -0.4 is 11.1 Å². The number of benzene rings is 3. The van der Waals surface area contributed by atoms with Gasteiger partial charge in [0, 0.05) is 23.6 Å². The van der Waals surface area contributed by atoms with E-state index in [1.807, 2.05) is 60.8 Å². The van der Waals surface area contributed by atoms with Gasteiger partial charge in [0.2, 0.25) is 5.91 Å². The van der Waals surface area contributed by atoms with Crippen molar-refractivity contribution in [1.82, 2.24) is 9.88 Å². The summed E-state index contributed by atoms with van der Waals surface area (Å²) in [6.45, 7) is 0.659. The van der Waals surface area contributed by atoms with Crippen LogP contribution in [0.15, 0.2) is 85.1 Å². The molecule has 1 heterocycles. The Bertz CT molecular complexity index is 1230. The number of halogens is 3. The van der Waals surface area contributed by atoms with Crippen molar-refractivity contribution in [3.63, 3.8) is 0 Å². The minimum atomic E-state index is -4.47. The third-order valence-corrected chi connectivity index (χ3v) is 5.31. The molecule has 1 unspecified atom stereocenters. The first-order valence-corrected chi connectivity index (χ1v) is 10.1. The minimum absolute atomic E-state index is 0.0644. The van der Waals surface area contributed by atoms with E-state index in [1.165, 1.54) is 12.1 Å². The predicted octanol–water partition coefficient (Wildman–Crippen LogP) is 5.02. The van der Waals surface area contributed by atoms with E-state index >= 15 is 0 Å². The number of carbonyl (C=O) groups excluding carboxylic acids is 1. The Balaban J connectivity index is 1.52. The molecular formula is C25H22F3N3O. The Morgan fingerprint density at radius 3 is 2.44 bits per heavy atom. The molecule has 3 aromatic carbocycles. The Morgan fingerprint density at radius 1 is 0.969 bits per heavy atom. The fraction of sp³-hybridized carbons (Fsp3) is 0.160. The lowest BCUT2D eigenvalue weighted by Crippen LogP contribution is -2.35. The molecule has 7 heteroatoms. The molecule has 164 valence electrons. The van der Waals surface area contributed by atoms with Crippen molar-refractivity contribution < 1.29 is 18.0 Å². The summed E-state index contributed by atoms with van der Waals surface area (Å²) in [6, 6.07) is 22.5. The summed E-state index contributed by atoms with van der Waals surface area (Å²) in [6.07, 6.45) is -3.51. The average molecular weight is 437 g/mol. The lowest BCUT2D eigenvalue weighted by molar-refractivity contribution is -0.137. The first-order chi connectivity index (χ1) is 15.3. The van der Waals surface area contributed by atoms with Gasteiger partial charge in [-0.1, -0.05) is 60.7 Å². The lowest BCUT2D eigenvalue weighted by Gasteiger charge is -2.16. The summed E-state index contributed by atoms with van der Waals surface area (Å²) in [5.74, 6) is -0.363. The van der Waals surface area contributed by atoms with E-state index in [1.54, 1.807) is 0 Å². The van der Waals surface area contributed by atoms with E-state index in [0.29, 0.717) is 6.54 Å². The Morgan fingerprint density at radius 2 is 1.69 bits per heavy atom. The Hall–Kier alpha value is -3.58. The number of aromatic nitrogens is 1. The van der Waals surface area contributed by atoms with E-state index in [9.17, 15) is 18.0 Å². The number of nitrogens with two attached hydrogens (primary N) is 1. The topological polar surface area (TPSA) is 60.0 Å². The number of nitrogens with zero attached hydrogens (tertiary/aromatic N) is 1. The largest absolute Gasteiger partial charge is 0.416 e. The fourth-order valence-electron chi connectivity index (χ4n) is 3.76. The maximum absolute atomic E-state index is 13.0. The maximum Gasteiger partial charge on any atom is 0.416 e. The number of hydrogen-bond donors (Lipinski definition) is 2. The molecule has 4 rings (SSSR count). The second kappa shape index (κ2) is 8.88. The van der Waals surface area contributed by atoms with E-state index in [-0.39, 0.29) is 17.9 Å². The molecule has 1 aromatic heterocycles. The molecule has 0 aliphatic rings. The summed E-state index contributed by atoms with van der Waals surface area (Å²) in [7, 11) is 0. The summed E-state index contributed by atoms with van der Waals surface area (Å²) >= 11 is 0. The predicted molar refractivity (Wildman–Crippen MR) is 118 cm³/mol. The molecular weight excluding hydrogens is 415 g/mol. The van der Waals surface area contributed by atoms with Crippen LogP contribution >= 0.6 is 0 Å². The standard InChI is InChI=1S/C25H22F3N3O/c26-25(27,28)20-10-6-9-18(13-20)24(29)30-23(32)14-19-16-31(15-17-7-2-1-3-8-17)22-12-5-4-11-21(19)22/h1-13,16,24H,14-15,29H2,(H,30,32). The van der Waals surface area contributed by atoms with Crippen molar-refractivity contribution in [2.24, 2.45) is 5.73 Å². The fourth-order valence-corrected chi connectivity index (χ4v) is 3.76. The van der Waals surface area contributed by atoms with Crippen molar-refractivity contribution in [1.29, 1.82) is 0 Å². The van der Waals surface area contributed by atoms with E-state index < -0.39 is 17.9 Å². The molecule has 0 fully saturated rings. The van der Waals surface area contributed by atoms with Gasteiger partial charge in [0.25, 0.3) is 0 Å². The Labute approximate surface area is 183 Å². The van der Waals surface area contributed by atoms with Crippen molar-refractivity contribution in [2.75, 3.05) is 0 Å². The number of amides is 1. The number of para-hydroxylation sites is 1. The van der Waals surface area contributed by atoms with Crippen LogP contribution in [0.25, 0.3) is 10.9 Å². The first-order valence-electron chi connectivity index (χ1n) is 10.1. The second-order valence-electron chi connectivity index (χ2n) is 7.63. The zero-order valence-electron chi connectivity index (χ0n) is 17.1. The van der Waals surface area contributed by atoms with Gasteiger partial charge in [-0.2, -0.15) is 13.2 Å². The monoisotopic (exact) mass is 437 g/mol. The van der Waals surface area contributed by atoms with Gasteiger partial charge in [0.15, 0.2) is 0 Å². The van der Waals surface area contributed by atoms with Crippen molar-refractivity contribution >= 4 is 16.8 Å². The molecule has 4 aromatic rings. The highest BCUT2D eigenvalue weighted by atomic mass is 19.4. The molecule has 1 amide bonds. The van der Waals surface area contributed by atoms with Crippen LogP contribution in [-0.2, 0) is 23.9 Å². The molecule has 0 saturated heterocycles. The number of hydrogen-bond acceptors (Lipinski definition) is 2. The van der Waals surface area contributed by atoms with Gasteiger partial charge < -0.3 is 15.6 Å². The average Bonchev–Trinajstić information content (AvgIpc) is 3.11. The Kier molecular flexibility index (Phi) is 6.01. The molecule has 0 saturated carbocycles. The van der Waals surface area contributed by atoms with Crippen LogP contribution in [0.5, 0.6) is 0 Å². The van der Waals surface area contributed by atoms with Gasteiger partial charge in [0.05, 0.1) is 12.0 Å². The van der Waals surface area contributed by atoms with Gasteiger partial charge >= 0.3 is 6.18 Å². The quantitative estimate of drug-likeness (QED) is 0.416. The second-order valence-corrected chi connectivity index (χ2v) is 7.63. The van der Waals surface area contributed by atoms with Crippen LogP contribution in [0.4, 0.5) is 13.2 Å². The maximum atomic E-state index is 13.0. The highest BCUT2D eigenvalue weighted by Gasteiger charge is 2.30. The van der Waals surface area contributed by atoms with Crippen molar-refractivity contribution in [3.05, 3.63) is 107 Å². The highest BCUT2D eigenvalue weighted by Crippen LogP contribution is 2.30. The SMILES string of the molecule is NC(NC(=O)Cc1cn(Cc2ccccc2)c2ccccc12)c1cccc(C(F)(F)F)c1. The molecule has 1 atom stereocenters. The summed E-state index contributed by atoms with van der Waals surface area (Å²) < 4.78 is 41.0. The van der Waals surface area contributed by atoms with Crippen LogP contribution in [0, 0.1) is 0 Å². The van der Waals surface area contributed by atoms with Crippen LogP contribution in [-0.4, -0.2) is 10.5 Å². The van der Waals surface area contributed by atoms with Gasteiger partial charge in [-0.05, 0) is 34.9 Å². The summed E-state index contributed by atoms with van der Waals surface area (Å²) in [5, 5.41) is 3.56. The van der Waals surface area contributed by atoms with Gasteiger partial charge in [0.1, 0.15) is 6.17 Å². The number of fused-ring (bicyclic) bond motifs is 1. The summed E-state index contributed by atoms with van der Waals surface area (Å²) in [5.41, 5.74) is 8.33. The number of rotatable bonds is 6. The minimum Gasteiger partial charge on any atom is -0.343 e. The van der Waals surface area contributed by atoms with Gasteiger partial charge in [-0.15, -0.1) is 0 Å². The van der Waals surface area contributed by atoms with Crippen molar-refractivity contribution in [3.8, 4) is 0 Å². The normalized spacial score (nSPS) is 12.6. The smallest absolute Gasteiger partial charge is 0.343 e. The van der Waals surface area contributed by atoms with E-state index in [2.05, 4.69) is 9.88 Å². The van der Waals surface area contributed by atoms with Crippen LogP contribution in [0.1, 0.15) is 28.4 Å². The zero-order valence-corrected chi connectivity index (χ0v) is 17.1. The van der Waals surface area contributed by atoms with Crippen molar-refractivity contribution in [2.45, 2.75) is 25.3 Å². The van der Waals surface area contributed by atoms with E-state index in [4.69, 9.17) is 5.73 Å². The number of alkyl halides is 3. The number of carbonyl (C=O) groups is 1. The highest BCUT2D eigenvalue weighted by molar-refractivity contribution is 5.89. The molecule has 0 radical (unpaired) electrons. The van der Waals surface area contributed by atoms with Crippen LogP contribution in [0.2, 0.25) is 0 Å². The molecule has 4 nitrogen and oxygen atoms in total. The third-order valence-electron chi connectivity index (χ3n) is 5.31. The van der Waals surface area contributed by atoms with Gasteiger partial charge in [-0.3, -0.25) is 4.79 Å². The first kappa shape index (κ1) is 21.6. The molecule has 0 spiro atoms. The number of nitrogens with one attached hydrogen (secondary N) is 1. The van der Waals surface area contributed by atoms with E-state index in [0.717, 1.165) is 34.2 Å². The third kappa shape index (κ3) is 4.84. The zero-order chi connectivity index (χ0) is 22.7. The molecule has 32 heavy (non-hydrogen) atoms. The van der Waals surface area contributed by atoms with Gasteiger partial charge in [-0.25, -0.2) is 0 Å². The molecule has 3 N–H and O–H groups in total. The molecule has 0 aliphatic carbocycles.